The summed E-state index contributed by atoms with van der Waals surface area (Å²) < 4.78 is 6.23. The number of primary amides is 1. The highest BCUT2D eigenvalue weighted by Gasteiger charge is 2.22. The molecule has 1 aliphatic carbocycles. The molecule has 0 heterocycles. The van der Waals surface area contributed by atoms with Gasteiger partial charge < -0.3 is 15.6 Å². The van der Waals surface area contributed by atoms with E-state index in [1.54, 1.807) is 6.07 Å². The van der Waals surface area contributed by atoms with Gasteiger partial charge in [-0.25, -0.2) is 0 Å². The zero-order valence-corrected chi connectivity index (χ0v) is 20.9. The zero-order valence-electron chi connectivity index (χ0n) is 20.9. The molecule has 1 aliphatic rings. The van der Waals surface area contributed by atoms with Crippen LogP contribution in [0.4, 0.5) is 0 Å². The standard InChI is InChI=1S/C31H35NO3/c1-4-7-25(5-2)35-26-14-10-21(11-15-26)30-28-16-12-23(31(32)34)19-22(28)8-6-9-29(30)27-17-13-24(33)18-20(27)3/h10-19,25,33H,4-9H2,1-3H3,(H2,32,34)/t25-/m1/s1. The van der Waals surface area contributed by atoms with Crippen LogP contribution in [0.5, 0.6) is 11.5 Å². The average molecular weight is 470 g/mol. The third-order valence-electron chi connectivity index (χ3n) is 6.88. The Morgan fingerprint density at radius 1 is 1.00 bits per heavy atom. The molecule has 0 unspecified atom stereocenters. The summed E-state index contributed by atoms with van der Waals surface area (Å²) in [5, 5.41) is 10.0. The Labute approximate surface area is 208 Å². The minimum Gasteiger partial charge on any atom is -0.508 e. The first-order valence-corrected chi connectivity index (χ1v) is 12.6. The normalized spacial score (nSPS) is 14.3. The molecule has 35 heavy (non-hydrogen) atoms. The second kappa shape index (κ2) is 10.8. The Morgan fingerprint density at radius 2 is 1.74 bits per heavy atom. The van der Waals surface area contributed by atoms with E-state index < -0.39 is 5.91 Å². The van der Waals surface area contributed by atoms with Crippen LogP contribution >= 0.6 is 0 Å². The van der Waals surface area contributed by atoms with Gasteiger partial charge in [0.05, 0.1) is 6.10 Å². The van der Waals surface area contributed by atoms with Gasteiger partial charge in [-0.1, -0.05) is 44.5 Å². The van der Waals surface area contributed by atoms with Gasteiger partial charge in [-0.15, -0.1) is 0 Å². The lowest BCUT2D eigenvalue weighted by molar-refractivity contribution is 0.1000. The maximum Gasteiger partial charge on any atom is 0.248 e. The quantitative estimate of drug-likeness (QED) is 0.371. The van der Waals surface area contributed by atoms with Crippen LogP contribution in [-0.4, -0.2) is 17.1 Å². The van der Waals surface area contributed by atoms with E-state index in [0.29, 0.717) is 5.56 Å². The number of allylic oxidation sites excluding steroid dienone is 1. The van der Waals surface area contributed by atoms with Gasteiger partial charge in [0.15, 0.2) is 0 Å². The third-order valence-corrected chi connectivity index (χ3v) is 6.88. The maximum atomic E-state index is 11.9. The largest absolute Gasteiger partial charge is 0.508 e. The fraction of sp³-hybridized carbons (Fsp3) is 0.323. The molecule has 4 nitrogen and oxygen atoms in total. The van der Waals surface area contributed by atoms with Crippen LogP contribution in [0, 0.1) is 6.92 Å². The van der Waals surface area contributed by atoms with Crippen molar-refractivity contribution >= 4 is 17.1 Å². The lowest BCUT2D eigenvalue weighted by atomic mass is 9.86. The van der Waals surface area contributed by atoms with Crippen LogP contribution in [0.15, 0.2) is 60.7 Å². The van der Waals surface area contributed by atoms with E-state index in [0.717, 1.165) is 77.7 Å². The lowest BCUT2D eigenvalue weighted by Crippen LogP contribution is -2.14. The molecule has 0 aliphatic heterocycles. The Kier molecular flexibility index (Phi) is 7.60. The SMILES string of the molecule is CCC[C@@H](CC)Oc1ccc(C2=C(c3ccc(O)cc3C)CCCc3cc(C(N)=O)ccc32)cc1. The van der Waals surface area contributed by atoms with Gasteiger partial charge >= 0.3 is 0 Å². The summed E-state index contributed by atoms with van der Waals surface area (Å²) in [7, 11) is 0. The third kappa shape index (κ3) is 5.43. The summed E-state index contributed by atoms with van der Waals surface area (Å²) in [4.78, 5) is 11.9. The van der Waals surface area contributed by atoms with Crippen molar-refractivity contribution in [1.82, 2.24) is 0 Å². The number of phenolic OH excluding ortho intramolecular Hbond substituents is 1. The molecule has 0 spiro atoms. The van der Waals surface area contributed by atoms with Gasteiger partial charge in [-0.2, -0.15) is 0 Å². The molecule has 4 rings (SSSR count). The summed E-state index contributed by atoms with van der Waals surface area (Å²) in [5.41, 5.74) is 14.1. The molecule has 182 valence electrons. The number of aryl methyl sites for hydroxylation is 2. The first kappa shape index (κ1) is 24.6. The number of fused-ring (bicyclic) bond motifs is 1. The second-order valence-corrected chi connectivity index (χ2v) is 9.40. The summed E-state index contributed by atoms with van der Waals surface area (Å²) in [6.07, 6.45) is 6.09. The van der Waals surface area contributed by atoms with E-state index in [1.807, 2.05) is 37.3 Å². The van der Waals surface area contributed by atoms with E-state index in [-0.39, 0.29) is 11.9 Å². The number of carbonyl (C=O) groups excluding carboxylic acids is 1. The van der Waals surface area contributed by atoms with Crippen LogP contribution in [0.3, 0.4) is 0 Å². The molecule has 0 radical (unpaired) electrons. The van der Waals surface area contributed by atoms with Crippen molar-refractivity contribution < 1.29 is 14.6 Å². The van der Waals surface area contributed by atoms with Crippen molar-refractivity contribution in [3.8, 4) is 11.5 Å². The molecule has 0 bridgehead atoms. The fourth-order valence-corrected chi connectivity index (χ4v) is 5.09. The summed E-state index contributed by atoms with van der Waals surface area (Å²) in [6, 6.07) is 19.8. The van der Waals surface area contributed by atoms with Crippen LogP contribution in [-0.2, 0) is 6.42 Å². The number of aromatic hydroxyl groups is 1. The molecule has 1 amide bonds. The van der Waals surface area contributed by atoms with Crippen LogP contribution < -0.4 is 10.5 Å². The van der Waals surface area contributed by atoms with Gasteiger partial charge in [-0.05, 0) is 114 Å². The van der Waals surface area contributed by atoms with Gasteiger partial charge in [-0.3, -0.25) is 4.79 Å². The second-order valence-electron chi connectivity index (χ2n) is 9.40. The van der Waals surface area contributed by atoms with Crippen molar-refractivity contribution in [2.24, 2.45) is 5.73 Å². The number of amides is 1. The maximum absolute atomic E-state index is 11.9. The highest BCUT2D eigenvalue weighted by atomic mass is 16.5. The Morgan fingerprint density at radius 3 is 2.40 bits per heavy atom. The molecule has 1 atom stereocenters. The molecule has 0 aromatic heterocycles. The monoisotopic (exact) mass is 469 g/mol. The topological polar surface area (TPSA) is 72.6 Å². The molecule has 3 aromatic carbocycles. The van der Waals surface area contributed by atoms with Crippen LogP contribution in [0.1, 0.15) is 84.1 Å². The van der Waals surface area contributed by atoms with E-state index in [2.05, 4.69) is 38.1 Å². The average Bonchev–Trinajstić information content (AvgIpc) is 3.03. The van der Waals surface area contributed by atoms with Crippen molar-refractivity contribution in [3.05, 3.63) is 94.0 Å². The molecule has 3 N–H and O–H groups in total. The zero-order chi connectivity index (χ0) is 24.9. The molecule has 0 saturated carbocycles. The number of phenols is 1. The number of hydrogen-bond acceptors (Lipinski definition) is 3. The first-order chi connectivity index (χ1) is 16.9. The van der Waals surface area contributed by atoms with E-state index >= 15 is 0 Å². The molecule has 3 aromatic rings. The number of benzene rings is 3. The number of nitrogens with two attached hydrogens (primary N) is 1. The number of rotatable bonds is 8. The predicted molar refractivity (Wildman–Crippen MR) is 143 cm³/mol. The van der Waals surface area contributed by atoms with Crippen molar-refractivity contribution in [3.63, 3.8) is 0 Å². The van der Waals surface area contributed by atoms with Crippen LogP contribution in [0.25, 0.3) is 11.1 Å². The Bertz CT molecular complexity index is 1240. The van der Waals surface area contributed by atoms with E-state index in [1.165, 1.54) is 5.57 Å². The fourth-order valence-electron chi connectivity index (χ4n) is 5.09. The number of ether oxygens (including phenoxy) is 1. The van der Waals surface area contributed by atoms with Crippen molar-refractivity contribution in [1.29, 1.82) is 0 Å². The molecule has 0 fully saturated rings. The van der Waals surface area contributed by atoms with Crippen molar-refractivity contribution in [2.75, 3.05) is 0 Å². The minimum atomic E-state index is -0.406. The minimum absolute atomic E-state index is 0.228. The highest BCUT2D eigenvalue weighted by molar-refractivity contribution is 6.01. The molecule has 4 heteroatoms. The van der Waals surface area contributed by atoms with Gasteiger partial charge in [0, 0.05) is 5.56 Å². The first-order valence-electron chi connectivity index (χ1n) is 12.6. The Balaban J connectivity index is 1.86. The van der Waals surface area contributed by atoms with Gasteiger partial charge in [0.2, 0.25) is 5.91 Å². The number of hydrogen-bond donors (Lipinski definition) is 2. The Hall–Kier alpha value is -3.53. The summed E-state index contributed by atoms with van der Waals surface area (Å²) >= 11 is 0. The lowest BCUT2D eigenvalue weighted by Gasteiger charge is -2.20. The van der Waals surface area contributed by atoms with E-state index in [4.69, 9.17) is 10.5 Å². The predicted octanol–water partition coefficient (Wildman–Crippen LogP) is 7.05. The molecular weight excluding hydrogens is 434 g/mol. The highest BCUT2D eigenvalue weighted by Crippen LogP contribution is 2.41. The summed E-state index contributed by atoms with van der Waals surface area (Å²) in [5.74, 6) is 0.749. The molecular formula is C31H35NO3. The van der Waals surface area contributed by atoms with Gasteiger partial charge in [0.25, 0.3) is 0 Å². The van der Waals surface area contributed by atoms with E-state index in [9.17, 15) is 9.90 Å². The van der Waals surface area contributed by atoms with Gasteiger partial charge in [0.1, 0.15) is 11.5 Å². The summed E-state index contributed by atoms with van der Waals surface area (Å²) in [6.45, 7) is 6.38. The molecule has 0 saturated heterocycles. The number of carbonyl (C=O) groups is 1. The smallest absolute Gasteiger partial charge is 0.248 e. The van der Waals surface area contributed by atoms with Crippen LogP contribution in [0.2, 0.25) is 0 Å². The van der Waals surface area contributed by atoms with Crippen molar-refractivity contribution in [2.45, 2.75) is 65.4 Å².